The molecule has 0 bridgehead atoms. The smallest absolute Gasteiger partial charge is 0.309 e. The van der Waals surface area contributed by atoms with Crippen molar-refractivity contribution in [2.75, 3.05) is 6.54 Å². The van der Waals surface area contributed by atoms with Crippen LogP contribution in [0, 0.1) is 3.57 Å². The number of alkyl halides is 3. The Morgan fingerprint density at radius 3 is 2.68 bits per heavy atom. The van der Waals surface area contributed by atoms with E-state index < -0.39 is 11.9 Å². The maximum absolute atomic E-state index is 12.9. The van der Waals surface area contributed by atoms with Crippen LogP contribution in [-0.2, 0) is 12.7 Å². The van der Waals surface area contributed by atoms with Crippen LogP contribution in [0.25, 0.3) is 0 Å². The molecule has 1 aliphatic heterocycles. The molecule has 2 atom stereocenters. The molecule has 25 heavy (non-hydrogen) atoms. The standard InChI is InChI=1S/C18H19F3IN3/c19-18(20,21)16-10-13(22)9-14(25-16)11-24-15-7-4-8-23-17(15)12-5-2-1-3-6-12/h1-3,5-6,9-10,15,17,23-24H,4,7-8,11H2. The number of rotatable bonds is 4. The van der Waals surface area contributed by atoms with Crippen molar-refractivity contribution in [3.05, 3.63) is 63.0 Å². The van der Waals surface area contributed by atoms with Gasteiger partial charge in [-0.25, -0.2) is 4.98 Å². The first-order chi connectivity index (χ1) is 11.9. The third-order valence-electron chi connectivity index (χ3n) is 4.30. The fourth-order valence-electron chi connectivity index (χ4n) is 3.14. The molecule has 134 valence electrons. The van der Waals surface area contributed by atoms with E-state index in [0.29, 0.717) is 15.8 Å². The number of hydrogen-bond acceptors (Lipinski definition) is 3. The van der Waals surface area contributed by atoms with Crippen LogP contribution in [0.3, 0.4) is 0 Å². The second kappa shape index (κ2) is 8.01. The summed E-state index contributed by atoms with van der Waals surface area (Å²) < 4.78 is 39.3. The van der Waals surface area contributed by atoms with Gasteiger partial charge in [0.15, 0.2) is 0 Å². The van der Waals surface area contributed by atoms with E-state index in [2.05, 4.69) is 27.8 Å². The van der Waals surface area contributed by atoms with Crippen molar-refractivity contribution in [1.82, 2.24) is 15.6 Å². The summed E-state index contributed by atoms with van der Waals surface area (Å²) in [6, 6.07) is 13.2. The van der Waals surface area contributed by atoms with Gasteiger partial charge >= 0.3 is 6.18 Å². The molecule has 1 aromatic heterocycles. The van der Waals surface area contributed by atoms with Crippen LogP contribution in [0.15, 0.2) is 42.5 Å². The highest BCUT2D eigenvalue weighted by Gasteiger charge is 2.33. The maximum atomic E-state index is 12.9. The number of halogens is 4. The van der Waals surface area contributed by atoms with Gasteiger partial charge in [0.05, 0.1) is 5.69 Å². The summed E-state index contributed by atoms with van der Waals surface area (Å²) in [5.41, 5.74) is 0.764. The predicted molar refractivity (Wildman–Crippen MR) is 99.0 cm³/mol. The van der Waals surface area contributed by atoms with Crippen LogP contribution in [-0.4, -0.2) is 17.6 Å². The Hall–Kier alpha value is -1.19. The van der Waals surface area contributed by atoms with Crippen molar-refractivity contribution in [2.24, 2.45) is 0 Å². The quantitative estimate of drug-likeness (QED) is 0.668. The summed E-state index contributed by atoms with van der Waals surface area (Å²) in [6.45, 7) is 1.26. The van der Waals surface area contributed by atoms with Crippen molar-refractivity contribution < 1.29 is 13.2 Å². The Bertz CT molecular complexity index is 706. The zero-order valence-corrected chi connectivity index (χ0v) is 15.6. The molecule has 1 aliphatic rings. The van der Waals surface area contributed by atoms with Crippen LogP contribution >= 0.6 is 22.6 Å². The molecular formula is C18H19F3IN3. The number of pyridine rings is 1. The van der Waals surface area contributed by atoms with E-state index in [1.807, 2.05) is 40.8 Å². The second-order valence-corrected chi connectivity index (χ2v) is 7.38. The molecule has 3 rings (SSSR count). The van der Waals surface area contributed by atoms with Gasteiger partial charge in [-0.15, -0.1) is 0 Å². The molecule has 1 saturated heterocycles. The van der Waals surface area contributed by atoms with E-state index in [4.69, 9.17) is 0 Å². The first-order valence-electron chi connectivity index (χ1n) is 8.19. The normalized spacial score (nSPS) is 21.3. The van der Waals surface area contributed by atoms with Gasteiger partial charge in [-0.05, 0) is 59.7 Å². The average Bonchev–Trinajstić information content (AvgIpc) is 2.60. The molecular weight excluding hydrogens is 442 g/mol. The Morgan fingerprint density at radius 2 is 1.96 bits per heavy atom. The molecule has 2 unspecified atom stereocenters. The highest BCUT2D eigenvalue weighted by Crippen LogP contribution is 2.29. The predicted octanol–water partition coefficient (Wildman–Crippen LogP) is 4.29. The lowest BCUT2D eigenvalue weighted by atomic mass is 9.92. The number of aromatic nitrogens is 1. The van der Waals surface area contributed by atoms with Gasteiger partial charge in [0, 0.05) is 22.2 Å². The monoisotopic (exact) mass is 461 g/mol. The summed E-state index contributed by atoms with van der Waals surface area (Å²) in [5.74, 6) is 0. The van der Waals surface area contributed by atoms with Crippen molar-refractivity contribution in [3.63, 3.8) is 0 Å². The van der Waals surface area contributed by atoms with Gasteiger partial charge in [0.25, 0.3) is 0 Å². The SMILES string of the molecule is FC(F)(F)c1cc(I)cc(CNC2CCCNC2c2ccccc2)n1. The van der Waals surface area contributed by atoms with Crippen molar-refractivity contribution in [2.45, 2.75) is 37.6 Å². The van der Waals surface area contributed by atoms with E-state index in [1.54, 1.807) is 6.07 Å². The number of piperidine rings is 1. The highest BCUT2D eigenvalue weighted by molar-refractivity contribution is 14.1. The van der Waals surface area contributed by atoms with Crippen molar-refractivity contribution in [3.8, 4) is 0 Å². The molecule has 1 aromatic carbocycles. The summed E-state index contributed by atoms with van der Waals surface area (Å²) in [4.78, 5) is 3.77. The molecule has 7 heteroatoms. The molecule has 0 amide bonds. The van der Waals surface area contributed by atoms with Crippen molar-refractivity contribution in [1.29, 1.82) is 0 Å². The Balaban J connectivity index is 1.72. The first-order valence-corrected chi connectivity index (χ1v) is 9.27. The van der Waals surface area contributed by atoms with E-state index in [0.717, 1.165) is 25.5 Å². The fourth-order valence-corrected chi connectivity index (χ4v) is 3.80. The van der Waals surface area contributed by atoms with Crippen LogP contribution < -0.4 is 10.6 Å². The second-order valence-electron chi connectivity index (χ2n) is 6.13. The summed E-state index contributed by atoms with van der Waals surface area (Å²) in [6.07, 6.45) is -2.41. The third-order valence-corrected chi connectivity index (χ3v) is 4.92. The number of nitrogens with one attached hydrogen (secondary N) is 2. The summed E-state index contributed by atoms with van der Waals surface area (Å²) in [7, 11) is 0. The van der Waals surface area contributed by atoms with E-state index in [1.165, 1.54) is 5.56 Å². The molecule has 0 spiro atoms. The summed E-state index contributed by atoms with van der Waals surface area (Å²) >= 11 is 1.90. The van der Waals surface area contributed by atoms with Crippen LogP contribution in [0.5, 0.6) is 0 Å². The Labute approximate surface area is 158 Å². The lowest BCUT2D eigenvalue weighted by molar-refractivity contribution is -0.141. The van der Waals surface area contributed by atoms with Gasteiger partial charge in [-0.2, -0.15) is 13.2 Å². The molecule has 2 N–H and O–H groups in total. The average molecular weight is 461 g/mol. The van der Waals surface area contributed by atoms with Gasteiger partial charge < -0.3 is 10.6 Å². The lowest BCUT2D eigenvalue weighted by Gasteiger charge is -2.33. The van der Waals surface area contributed by atoms with Gasteiger partial charge in [0.1, 0.15) is 5.69 Å². The minimum Gasteiger partial charge on any atom is -0.309 e. The molecule has 0 aliphatic carbocycles. The number of hydrogen-bond donors (Lipinski definition) is 2. The largest absolute Gasteiger partial charge is 0.433 e. The minimum atomic E-state index is -4.42. The zero-order chi connectivity index (χ0) is 17.9. The molecule has 1 fully saturated rings. The third kappa shape index (κ3) is 4.92. The molecule has 2 heterocycles. The van der Waals surface area contributed by atoms with E-state index in [9.17, 15) is 13.2 Å². The van der Waals surface area contributed by atoms with Crippen LogP contribution in [0.1, 0.15) is 35.8 Å². The molecule has 3 nitrogen and oxygen atoms in total. The minimum absolute atomic E-state index is 0.153. The molecule has 0 radical (unpaired) electrons. The fraction of sp³-hybridized carbons (Fsp3) is 0.389. The number of nitrogens with zero attached hydrogens (tertiary/aromatic N) is 1. The van der Waals surface area contributed by atoms with E-state index >= 15 is 0 Å². The molecule has 2 aromatic rings. The lowest BCUT2D eigenvalue weighted by Crippen LogP contribution is -2.45. The van der Waals surface area contributed by atoms with Gasteiger partial charge in [0.2, 0.25) is 0 Å². The Morgan fingerprint density at radius 1 is 1.20 bits per heavy atom. The number of benzene rings is 1. The highest BCUT2D eigenvalue weighted by atomic mass is 127. The maximum Gasteiger partial charge on any atom is 0.433 e. The van der Waals surface area contributed by atoms with Crippen LogP contribution in [0.4, 0.5) is 13.2 Å². The van der Waals surface area contributed by atoms with Crippen molar-refractivity contribution >= 4 is 22.6 Å². The van der Waals surface area contributed by atoms with Gasteiger partial charge in [-0.3, -0.25) is 0 Å². The summed E-state index contributed by atoms with van der Waals surface area (Å²) in [5, 5.41) is 6.90. The topological polar surface area (TPSA) is 37.0 Å². The Kier molecular flexibility index (Phi) is 5.96. The molecule has 0 saturated carbocycles. The van der Waals surface area contributed by atoms with E-state index in [-0.39, 0.29) is 12.1 Å². The first kappa shape index (κ1) is 18.6. The van der Waals surface area contributed by atoms with Gasteiger partial charge in [-0.1, -0.05) is 30.3 Å². The zero-order valence-electron chi connectivity index (χ0n) is 13.5. The van der Waals surface area contributed by atoms with Crippen LogP contribution in [0.2, 0.25) is 0 Å².